The third kappa shape index (κ3) is 3.88. The molecule has 0 aromatic carbocycles. The molecule has 0 nitrogen and oxygen atoms in total. The van der Waals surface area contributed by atoms with Gasteiger partial charge in [0, 0.05) is 0 Å². The Kier molecular flexibility index (Phi) is 6.83. The van der Waals surface area contributed by atoms with Gasteiger partial charge in [-0.1, -0.05) is 12.2 Å². The molecule has 0 bridgehead atoms. The Morgan fingerprint density at radius 1 is 0.923 bits per heavy atom. The summed E-state index contributed by atoms with van der Waals surface area (Å²) in [4.78, 5) is 0. The van der Waals surface area contributed by atoms with Crippen molar-refractivity contribution >= 4 is 0 Å². The summed E-state index contributed by atoms with van der Waals surface area (Å²) in [5.74, 6) is 0. The molecule has 13 heavy (non-hydrogen) atoms. The summed E-state index contributed by atoms with van der Waals surface area (Å²) in [6, 6.07) is 0. The van der Waals surface area contributed by atoms with Crippen molar-refractivity contribution in [3.8, 4) is 0 Å². The van der Waals surface area contributed by atoms with Crippen molar-refractivity contribution in [2.45, 2.75) is 12.8 Å². The van der Waals surface area contributed by atoms with Gasteiger partial charge in [0.2, 0.25) is 0 Å². The van der Waals surface area contributed by atoms with Crippen LogP contribution < -0.4 is 24.0 Å². The Labute approximate surface area is 112 Å². The molecular weight excluding hydrogens is 307 g/mol. The second-order valence-electron chi connectivity index (χ2n) is 2.89. The van der Waals surface area contributed by atoms with Crippen LogP contribution in [0.4, 0.5) is 0 Å². The first-order valence-corrected chi connectivity index (χ1v) is 4.01. The molecule has 0 radical (unpaired) electrons. The molecule has 0 fully saturated rings. The van der Waals surface area contributed by atoms with Crippen molar-refractivity contribution in [2.24, 2.45) is 0 Å². The number of halogens is 1. The molecule has 0 aromatic rings. The van der Waals surface area contributed by atoms with Crippen LogP contribution in [-0.4, -0.2) is 0 Å². The van der Waals surface area contributed by atoms with Gasteiger partial charge in [-0.25, -0.2) is 0 Å². The molecule has 2 aliphatic carbocycles. The average Bonchev–Trinajstić information content (AvgIpc) is 2.60. The summed E-state index contributed by atoms with van der Waals surface area (Å²) < 4.78 is 0. The maximum Gasteiger partial charge on any atom is 2.00 e. The standard InChI is InChI=1S/C11H11.HI.Ti/c1-2-6-10(5-1)9-11-7-3-4-8-11;;/h1-5,7,9H,6,8H2;1H;/q-1;;+2/p-1. The molecule has 0 saturated heterocycles. The van der Waals surface area contributed by atoms with Crippen LogP contribution in [0.15, 0.2) is 47.6 Å². The minimum atomic E-state index is 0. The Balaban J connectivity index is 0.000000720. The van der Waals surface area contributed by atoms with E-state index in [2.05, 4.69) is 42.9 Å². The van der Waals surface area contributed by atoms with Gasteiger partial charge in [-0.15, -0.1) is 12.2 Å². The van der Waals surface area contributed by atoms with E-state index >= 15 is 0 Å². The van der Waals surface area contributed by atoms with E-state index in [0.29, 0.717) is 0 Å². The van der Waals surface area contributed by atoms with E-state index in [0.717, 1.165) is 12.8 Å². The second-order valence-corrected chi connectivity index (χ2v) is 2.89. The second kappa shape index (κ2) is 6.69. The molecule has 0 amide bonds. The molecule has 2 heteroatoms. The van der Waals surface area contributed by atoms with Crippen LogP contribution in [0.3, 0.4) is 0 Å². The normalized spacial score (nSPS) is 17.2. The number of rotatable bonds is 2. The Morgan fingerprint density at radius 3 is 1.69 bits per heavy atom. The number of hydrogen-bond donors (Lipinski definition) is 0. The monoisotopic (exact) mass is 318 g/mol. The molecule has 2 rings (SSSR count). The topological polar surface area (TPSA) is 0 Å². The number of hydrogen-bond acceptors (Lipinski definition) is 0. The van der Waals surface area contributed by atoms with Gasteiger partial charge in [0.15, 0.2) is 0 Å². The molecule has 0 spiro atoms. The summed E-state index contributed by atoms with van der Waals surface area (Å²) in [5, 5.41) is 0. The third-order valence-corrected chi connectivity index (χ3v) is 1.97. The van der Waals surface area contributed by atoms with Crippen LogP contribution in [0, 0.1) is 6.42 Å². The van der Waals surface area contributed by atoms with Crippen molar-refractivity contribution in [1.29, 1.82) is 0 Å². The maximum absolute atomic E-state index is 2.28. The molecular formula is C11H11ITi. The zero-order valence-electron chi connectivity index (χ0n) is 7.33. The quantitative estimate of drug-likeness (QED) is 0.381. The Hall–Kier alpha value is 0.274. The number of allylic oxidation sites excluding steroid dienone is 8. The van der Waals surface area contributed by atoms with E-state index in [9.17, 15) is 0 Å². The van der Waals surface area contributed by atoms with Crippen LogP contribution in [-0.2, 0) is 21.7 Å². The van der Waals surface area contributed by atoms with Gasteiger partial charge < -0.3 is 24.0 Å². The fourth-order valence-corrected chi connectivity index (χ4v) is 1.38. The van der Waals surface area contributed by atoms with Crippen molar-refractivity contribution in [3.05, 3.63) is 54.0 Å². The summed E-state index contributed by atoms with van der Waals surface area (Å²) in [5.41, 5.74) is 2.86. The maximum atomic E-state index is 2.28. The Morgan fingerprint density at radius 2 is 1.38 bits per heavy atom. The van der Waals surface area contributed by atoms with Gasteiger partial charge in [-0.05, 0) is 12.8 Å². The average molecular weight is 318 g/mol. The zero-order valence-corrected chi connectivity index (χ0v) is 11.1. The van der Waals surface area contributed by atoms with E-state index in [1.807, 2.05) is 0 Å². The minimum Gasteiger partial charge on any atom is -1.00 e. The third-order valence-electron chi connectivity index (χ3n) is 1.97. The first-order chi connectivity index (χ1) is 5.45. The predicted octanol–water partition coefficient (Wildman–Crippen LogP) is -0.0352. The van der Waals surface area contributed by atoms with Gasteiger partial charge in [-0.3, -0.25) is 0 Å². The molecule has 0 N–H and O–H groups in total. The fourth-order valence-electron chi connectivity index (χ4n) is 1.38. The van der Waals surface area contributed by atoms with Crippen LogP contribution in [0.5, 0.6) is 0 Å². The molecule has 66 valence electrons. The van der Waals surface area contributed by atoms with Gasteiger partial charge >= 0.3 is 21.7 Å². The van der Waals surface area contributed by atoms with Crippen molar-refractivity contribution in [3.63, 3.8) is 0 Å². The van der Waals surface area contributed by atoms with E-state index < -0.39 is 0 Å². The Bertz CT molecular complexity index is 244. The van der Waals surface area contributed by atoms with Gasteiger partial charge in [0.25, 0.3) is 0 Å². The smallest absolute Gasteiger partial charge is 1.00 e. The first kappa shape index (κ1) is 13.3. The van der Waals surface area contributed by atoms with Crippen LogP contribution >= 0.6 is 0 Å². The van der Waals surface area contributed by atoms with Crippen molar-refractivity contribution in [1.82, 2.24) is 0 Å². The molecule has 0 aromatic heterocycles. The largest absolute Gasteiger partial charge is 2.00 e. The molecule has 0 heterocycles. The van der Waals surface area contributed by atoms with E-state index in [4.69, 9.17) is 0 Å². The molecule has 2 aliphatic rings. The van der Waals surface area contributed by atoms with Gasteiger partial charge in [0.05, 0.1) is 0 Å². The molecule has 0 unspecified atom stereocenters. The van der Waals surface area contributed by atoms with Gasteiger partial charge in [0.1, 0.15) is 0 Å². The van der Waals surface area contributed by atoms with Gasteiger partial charge in [-0.2, -0.15) is 29.7 Å². The van der Waals surface area contributed by atoms with Crippen LogP contribution in [0.25, 0.3) is 0 Å². The fraction of sp³-hybridized carbons (Fsp3) is 0.182. The molecule has 0 saturated carbocycles. The summed E-state index contributed by atoms with van der Waals surface area (Å²) >= 11 is 0. The van der Waals surface area contributed by atoms with Crippen molar-refractivity contribution < 1.29 is 45.7 Å². The molecule has 0 aliphatic heterocycles. The van der Waals surface area contributed by atoms with Crippen LogP contribution in [0.1, 0.15) is 12.8 Å². The predicted molar refractivity (Wildman–Crippen MR) is 48.0 cm³/mol. The van der Waals surface area contributed by atoms with Crippen molar-refractivity contribution in [2.75, 3.05) is 0 Å². The minimum absolute atomic E-state index is 0. The first-order valence-electron chi connectivity index (χ1n) is 4.01. The summed E-state index contributed by atoms with van der Waals surface area (Å²) in [7, 11) is 0. The SMILES string of the molecule is C1=CCC([CH-]C2=CC=CC2)=C1.[I-].[Ti+2]. The molecule has 0 atom stereocenters. The van der Waals surface area contributed by atoms with E-state index in [1.165, 1.54) is 11.1 Å². The zero-order chi connectivity index (χ0) is 7.52. The van der Waals surface area contributed by atoms with Crippen LogP contribution in [0.2, 0.25) is 0 Å². The van der Waals surface area contributed by atoms with E-state index in [1.54, 1.807) is 0 Å². The summed E-state index contributed by atoms with van der Waals surface area (Å²) in [6.07, 6.45) is 17.5. The van der Waals surface area contributed by atoms with E-state index in [-0.39, 0.29) is 45.7 Å². The summed E-state index contributed by atoms with van der Waals surface area (Å²) in [6.45, 7) is 0.